The summed E-state index contributed by atoms with van der Waals surface area (Å²) in [5.74, 6) is 3.06. The van der Waals surface area contributed by atoms with Crippen LogP contribution in [0.4, 0.5) is 0 Å². The van der Waals surface area contributed by atoms with E-state index in [4.69, 9.17) is 0 Å². The molecular weight excluding hydrogens is 272 g/mol. The van der Waals surface area contributed by atoms with Gasteiger partial charge in [0, 0.05) is 0 Å². The monoisotopic (exact) mass is 302 g/mol. The summed E-state index contributed by atoms with van der Waals surface area (Å²) in [5, 5.41) is 20.2. The van der Waals surface area contributed by atoms with Crippen molar-refractivity contribution in [2.75, 3.05) is 0 Å². The summed E-state index contributed by atoms with van der Waals surface area (Å²) in [5.41, 5.74) is 2.97. The summed E-state index contributed by atoms with van der Waals surface area (Å²) >= 11 is 0. The van der Waals surface area contributed by atoms with E-state index >= 15 is 0 Å². The van der Waals surface area contributed by atoms with Crippen molar-refractivity contribution in [1.82, 2.24) is 0 Å². The second-order valence-electron chi connectivity index (χ2n) is 7.99. The van der Waals surface area contributed by atoms with Gasteiger partial charge in [-0.05, 0) is 84.5 Å². The molecule has 122 valence electrons. The van der Waals surface area contributed by atoms with Gasteiger partial charge in [-0.15, -0.1) is 0 Å². The smallest absolute Gasteiger partial charge is 0.115 e. The predicted molar refractivity (Wildman–Crippen MR) is 90.0 cm³/mol. The maximum absolute atomic E-state index is 10.5. The zero-order valence-electron chi connectivity index (χ0n) is 13.0. The molecule has 2 saturated carbocycles. The van der Waals surface area contributed by atoms with E-state index in [0.717, 1.165) is 19.3 Å². The first-order valence-corrected chi connectivity index (χ1v) is 8.50. The average molecular weight is 302 g/mol. The Hall–Kier alpha value is -1.02. The van der Waals surface area contributed by atoms with Gasteiger partial charge in [0.15, 0.2) is 0 Å². The molecule has 3 aliphatic rings. The molecule has 2 heteroatoms. The van der Waals surface area contributed by atoms with E-state index in [2.05, 4.69) is 19.9 Å². The SMILES string of the molecule is C.C[C@@H]1Cc2cc(O)ccc2C2CCC3(C)C(O)CCC3C21. The molecule has 22 heavy (non-hydrogen) atoms. The van der Waals surface area contributed by atoms with Gasteiger partial charge in [-0.2, -0.15) is 0 Å². The molecule has 1 aromatic rings. The van der Waals surface area contributed by atoms with Gasteiger partial charge < -0.3 is 10.2 Å². The van der Waals surface area contributed by atoms with Gasteiger partial charge in [-0.1, -0.05) is 27.3 Å². The van der Waals surface area contributed by atoms with E-state index in [0.29, 0.717) is 29.4 Å². The molecule has 0 saturated heterocycles. The van der Waals surface area contributed by atoms with E-state index in [1.165, 1.54) is 24.0 Å². The highest BCUT2D eigenvalue weighted by Crippen LogP contribution is 2.62. The summed E-state index contributed by atoms with van der Waals surface area (Å²) in [6.45, 7) is 4.70. The highest BCUT2D eigenvalue weighted by molar-refractivity contribution is 5.40. The van der Waals surface area contributed by atoms with Crippen molar-refractivity contribution < 1.29 is 10.2 Å². The normalized spacial score (nSPS) is 42.8. The number of fused-ring (bicyclic) bond motifs is 5. The first-order valence-electron chi connectivity index (χ1n) is 8.50. The first-order chi connectivity index (χ1) is 10.0. The lowest BCUT2D eigenvalue weighted by Crippen LogP contribution is -2.46. The largest absolute Gasteiger partial charge is 0.508 e. The molecule has 3 aliphatic carbocycles. The number of aliphatic hydroxyl groups excluding tert-OH is 1. The molecule has 2 N–H and O–H groups in total. The standard InChI is InChI=1S/C19H26O2.CH4/c1-11-9-12-10-13(20)3-4-14(12)15-7-8-19(2)16(18(11)15)5-6-17(19)21;/h3-4,10-11,15-18,20-21H,5-9H2,1-2H3;1H4/t11-,15?,16?,17?,18?,19?;/m1./s1. The topological polar surface area (TPSA) is 40.5 Å². The van der Waals surface area contributed by atoms with Crippen molar-refractivity contribution in [1.29, 1.82) is 0 Å². The van der Waals surface area contributed by atoms with Crippen LogP contribution in [0.5, 0.6) is 5.75 Å². The minimum Gasteiger partial charge on any atom is -0.508 e. The number of aromatic hydroxyl groups is 1. The first kappa shape index (κ1) is 15.9. The lowest BCUT2D eigenvalue weighted by molar-refractivity contribution is -0.0356. The average Bonchev–Trinajstić information content (AvgIpc) is 2.74. The van der Waals surface area contributed by atoms with Crippen LogP contribution in [0.3, 0.4) is 0 Å². The zero-order valence-corrected chi connectivity index (χ0v) is 13.0. The van der Waals surface area contributed by atoms with E-state index in [1.54, 1.807) is 0 Å². The third-order valence-electron chi connectivity index (χ3n) is 7.01. The van der Waals surface area contributed by atoms with Crippen LogP contribution in [0.15, 0.2) is 18.2 Å². The van der Waals surface area contributed by atoms with Crippen LogP contribution in [0.25, 0.3) is 0 Å². The molecule has 0 bridgehead atoms. The summed E-state index contributed by atoms with van der Waals surface area (Å²) in [7, 11) is 0. The van der Waals surface area contributed by atoms with Crippen LogP contribution >= 0.6 is 0 Å². The number of hydrogen-bond acceptors (Lipinski definition) is 2. The molecule has 0 amide bonds. The molecule has 0 radical (unpaired) electrons. The molecule has 5 unspecified atom stereocenters. The van der Waals surface area contributed by atoms with E-state index in [9.17, 15) is 10.2 Å². The van der Waals surface area contributed by atoms with E-state index < -0.39 is 0 Å². The van der Waals surface area contributed by atoms with E-state index in [-0.39, 0.29) is 18.9 Å². The van der Waals surface area contributed by atoms with Gasteiger partial charge >= 0.3 is 0 Å². The maximum atomic E-state index is 10.5. The van der Waals surface area contributed by atoms with Crippen LogP contribution in [-0.4, -0.2) is 16.3 Å². The lowest BCUT2D eigenvalue weighted by Gasteiger charge is -2.52. The van der Waals surface area contributed by atoms with Gasteiger partial charge in [-0.25, -0.2) is 0 Å². The summed E-state index contributed by atoms with van der Waals surface area (Å²) < 4.78 is 0. The number of phenols is 1. The van der Waals surface area contributed by atoms with Gasteiger partial charge in [-0.3, -0.25) is 0 Å². The van der Waals surface area contributed by atoms with Crippen molar-refractivity contribution >= 4 is 0 Å². The molecule has 4 rings (SSSR count). The minimum atomic E-state index is -0.100. The van der Waals surface area contributed by atoms with Crippen LogP contribution in [-0.2, 0) is 6.42 Å². The van der Waals surface area contributed by atoms with Crippen molar-refractivity contribution in [3.8, 4) is 5.75 Å². The summed E-state index contributed by atoms with van der Waals surface area (Å²) in [4.78, 5) is 0. The Balaban J connectivity index is 0.00000144. The third-order valence-corrected chi connectivity index (χ3v) is 7.01. The van der Waals surface area contributed by atoms with Gasteiger partial charge in [0.05, 0.1) is 6.10 Å². The Morgan fingerprint density at radius 2 is 1.95 bits per heavy atom. The fraction of sp³-hybridized carbons (Fsp3) is 0.700. The number of rotatable bonds is 0. The third kappa shape index (κ3) is 2.03. The van der Waals surface area contributed by atoms with Crippen molar-refractivity contribution in [2.24, 2.45) is 23.2 Å². The molecule has 6 atom stereocenters. The molecule has 0 aromatic heterocycles. The lowest BCUT2D eigenvalue weighted by atomic mass is 9.53. The predicted octanol–water partition coefficient (Wildman–Crippen LogP) is 4.49. The number of hydrogen-bond donors (Lipinski definition) is 2. The van der Waals surface area contributed by atoms with Crippen LogP contribution in [0, 0.1) is 23.2 Å². The molecule has 2 fully saturated rings. The highest BCUT2D eigenvalue weighted by Gasteiger charge is 2.55. The maximum Gasteiger partial charge on any atom is 0.115 e. The zero-order chi connectivity index (χ0) is 14.8. The van der Waals surface area contributed by atoms with E-state index in [1.807, 2.05) is 12.1 Å². The Morgan fingerprint density at radius 3 is 2.73 bits per heavy atom. The number of benzene rings is 1. The van der Waals surface area contributed by atoms with Crippen molar-refractivity contribution in [2.45, 2.75) is 65.4 Å². The Morgan fingerprint density at radius 1 is 1.18 bits per heavy atom. The molecule has 0 heterocycles. The molecule has 0 spiro atoms. The number of aliphatic hydroxyl groups is 1. The van der Waals surface area contributed by atoms with Gasteiger partial charge in [0.1, 0.15) is 5.75 Å². The Labute approximate surface area is 134 Å². The quantitative estimate of drug-likeness (QED) is 0.741. The molecule has 2 nitrogen and oxygen atoms in total. The Kier molecular flexibility index (Phi) is 3.79. The van der Waals surface area contributed by atoms with Crippen molar-refractivity contribution in [3.05, 3.63) is 29.3 Å². The highest BCUT2D eigenvalue weighted by atomic mass is 16.3. The molecular formula is C20H30O2. The molecule has 0 aliphatic heterocycles. The summed E-state index contributed by atoms with van der Waals surface area (Å²) in [6, 6.07) is 5.98. The number of phenolic OH excluding ortho intramolecular Hbond substituents is 1. The fourth-order valence-electron chi connectivity index (χ4n) is 5.94. The van der Waals surface area contributed by atoms with Crippen LogP contribution < -0.4 is 0 Å². The van der Waals surface area contributed by atoms with Crippen LogP contribution in [0.2, 0.25) is 0 Å². The van der Waals surface area contributed by atoms with Crippen molar-refractivity contribution in [3.63, 3.8) is 0 Å². The van der Waals surface area contributed by atoms with Gasteiger partial charge in [0.2, 0.25) is 0 Å². The Bertz CT molecular complexity index is 567. The minimum absolute atomic E-state index is 0. The molecule has 1 aromatic carbocycles. The fourth-order valence-corrected chi connectivity index (χ4v) is 5.94. The second-order valence-corrected chi connectivity index (χ2v) is 7.99. The second kappa shape index (κ2) is 5.26. The van der Waals surface area contributed by atoms with Crippen LogP contribution in [0.1, 0.15) is 64.0 Å². The van der Waals surface area contributed by atoms with Gasteiger partial charge in [0.25, 0.3) is 0 Å². The summed E-state index contributed by atoms with van der Waals surface area (Å²) in [6.07, 6.45) is 5.49.